The van der Waals surface area contributed by atoms with Crippen LogP contribution in [0.2, 0.25) is 0 Å². The molecule has 68 valence electrons. The quantitative estimate of drug-likeness (QED) is 0.671. The van der Waals surface area contributed by atoms with Crippen molar-refractivity contribution in [3.05, 3.63) is 28.6 Å². The Morgan fingerprint density at radius 3 is 2.85 bits per heavy atom. The second-order valence-corrected chi connectivity index (χ2v) is 4.56. The molecule has 0 atom stereocenters. The number of benzene rings is 1. The summed E-state index contributed by atoms with van der Waals surface area (Å²) >= 11 is 6.25. The zero-order chi connectivity index (χ0) is 9.42. The van der Waals surface area contributed by atoms with Gasteiger partial charge in [0.2, 0.25) is 0 Å². The van der Waals surface area contributed by atoms with Gasteiger partial charge < -0.3 is 0 Å². The fourth-order valence-corrected chi connectivity index (χ4v) is 2.98. The van der Waals surface area contributed by atoms with Crippen LogP contribution in [0.4, 0.5) is 0 Å². The fourth-order valence-electron chi connectivity index (χ4n) is 1.55. The molecule has 2 heteroatoms. The molecule has 0 bridgehead atoms. The van der Waals surface area contributed by atoms with Crippen LogP contribution < -0.4 is 0 Å². The van der Waals surface area contributed by atoms with Crippen molar-refractivity contribution in [1.82, 2.24) is 0 Å². The van der Waals surface area contributed by atoms with E-state index in [4.69, 9.17) is 0 Å². The van der Waals surface area contributed by atoms with Crippen LogP contribution in [0.25, 0.3) is 10.1 Å². The fraction of sp³-hybridized carbons (Fsp3) is 0.273. The first kappa shape index (κ1) is 9.10. The van der Waals surface area contributed by atoms with Gasteiger partial charge in [-0.25, -0.2) is 0 Å². The normalized spacial score (nSPS) is 11.0. The summed E-state index contributed by atoms with van der Waals surface area (Å²) in [6.45, 7) is 4.34. The molecule has 0 N–H and O–H groups in total. The number of rotatable bonds is 1. The van der Waals surface area contributed by atoms with Crippen molar-refractivity contribution >= 4 is 34.1 Å². The highest BCUT2D eigenvalue weighted by Gasteiger charge is 2.05. The molecule has 13 heavy (non-hydrogen) atoms. The van der Waals surface area contributed by atoms with Crippen molar-refractivity contribution in [2.75, 3.05) is 0 Å². The standard InChI is InChI=1S/C11H12S2/c1-3-8-6-13-11-7(2)10(12)5-4-9(8)11/h4-6,12H,3H2,1-2H3. The molecule has 1 aromatic heterocycles. The largest absolute Gasteiger partial charge is 0.143 e. The second kappa shape index (κ2) is 3.35. The molecular formula is C11H12S2. The highest BCUT2D eigenvalue weighted by Crippen LogP contribution is 2.32. The van der Waals surface area contributed by atoms with Crippen LogP contribution in [0.5, 0.6) is 0 Å². The number of fused-ring (bicyclic) bond motifs is 1. The van der Waals surface area contributed by atoms with E-state index in [1.807, 2.05) is 11.3 Å². The van der Waals surface area contributed by atoms with Crippen molar-refractivity contribution in [2.45, 2.75) is 25.2 Å². The third-order valence-electron chi connectivity index (χ3n) is 2.42. The van der Waals surface area contributed by atoms with Crippen molar-refractivity contribution in [3.8, 4) is 0 Å². The van der Waals surface area contributed by atoms with Gasteiger partial charge in [0.05, 0.1) is 0 Å². The van der Waals surface area contributed by atoms with Crippen LogP contribution >= 0.6 is 24.0 Å². The number of aryl methyl sites for hydroxylation is 2. The van der Waals surface area contributed by atoms with E-state index < -0.39 is 0 Å². The lowest BCUT2D eigenvalue weighted by Gasteiger charge is -2.00. The van der Waals surface area contributed by atoms with Crippen LogP contribution in [-0.2, 0) is 6.42 Å². The molecule has 0 saturated carbocycles. The Kier molecular flexibility index (Phi) is 2.35. The lowest BCUT2D eigenvalue weighted by Crippen LogP contribution is -1.79. The highest BCUT2D eigenvalue weighted by molar-refractivity contribution is 7.80. The van der Waals surface area contributed by atoms with Crippen LogP contribution in [0.15, 0.2) is 22.4 Å². The van der Waals surface area contributed by atoms with Gasteiger partial charge in [0.1, 0.15) is 0 Å². The molecular weight excluding hydrogens is 196 g/mol. The molecule has 1 aromatic carbocycles. The topological polar surface area (TPSA) is 0 Å². The lowest BCUT2D eigenvalue weighted by atomic mass is 10.1. The average Bonchev–Trinajstić information content (AvgIpc) is 2.55. The maximum Gasteiger partial charge on any atom is 0.0385 e. The first-order valence-electron chi connectivity index (χ1n) is 4.42. The van der Waals surface area contributed by atoms with Crippen LogP contribution in [-0.4, -0.2) is 0 Å². The molecule has 2 rings (SSSR count). The van der Waals surface area contributed by atoms with Gasteiger partial charge >= 0.3 is 0 Å². The van der Waals surface area contributed by atoms with Gasteiger partial charge in [-0.05, 0) is 41.3 Å². The van der Waals surface area contributed by atoms with E-state index in [1.165, 1.54) is 21.2 Å². The number of hydrogen-bond acceptors (Lipinski definition) is 2. The average molecular weight is 208 g/mol. The summed E-state index contributed by atoms with van der Waals surface area (Å²) in [7, 11) is 0. The minimum atomic E-state index is 1.09. The van der Waals surface area contributed by atoms with E-state index in [0.717, 1.165) is 11.3 Å². The van der Waals surface area contributed by atoms with E-state index >= 15 is 0 Å². The molecule has 0 nitrogen and oxygen atoms in total. The van der Waals surface area contributed by atoms with Gasteiger partial charge in [0, 0.05) is 9.60 Å². The zero-order valence-corrected chi connectivity index (χ0v) is 9.51. The van der Waals surface area contributed by atoms with Crippen molar-refractivity contribution in [3.63, 3.8) is 0 Å². The summed E-state index contributed by atoms with van der Waals surface area (Å²) in [6.07, 6.45) is 1.12. The van der Waals surface area contributed by atoms with Crippen LogP contribution in [0.3, 0.4) is 0 Å². The molecule has 0 aliphatic carbocycles. The molecule has 0 amide bonds. The van der Waals surface area contributed by atoms with E-state index in [0.29, 0.717) is 0 Å². The van der Waals surface area contributed by atoms with E-state index in [2.05, 4.69) is 44.0 Å². The monoisotopic (exact) mass is 208 g/mol. The summed E-state index contributed by atoms with van der Waals surface area (Å²) in [4.78, 5) is 1.09. The first-order chi connectivity index (χ1) is 6.24. The number of hydrogen-bond donors (Lipinski definition) is 1. The van der Waals surface area contributed by atoms with E-state index in [1.54, 1.807) is 0 Å². The molecule has 0 unspecified atom stereocenters. The Balaban J connectivity index is 2.81. The lowest BCUT2D eigenvalue weighted by molar-refractivity contribution is 1.17. The summed E-state index contributed by atoms with van der Waals surface area (Å²) in [5.41, 5.74) is 2.77. The molecule has 0 fully saturated rings. The summed E-state index contributed by atoms with van der Waals surface area (Å²) in [5.74, 6) is 0. The Morgan fingerprint density at radius 2 is 2.15 bits per heavy atom. The third kappa shape index (κ3) is 1.38. The Morgan fingerprint density at radius 1 is 1.38 bits per heavy atom. The molecule has 0 saturated heterocycles. The summed E-state index contributed by atoms with van der Waals surface area (Å²) in [5, 5.41) is 3.66. The Hall–Kier alpha value is -0.470. The van der Waals surface area contributed by atoms with Gasteiger partial charge in [0.25, 0.3) is 0 Å². The number of thiol groups is 1. The van der Waals surface area contributed by atoms with Crippen molar-refractivity contribution < 1.29 is 0 Å². The minimum Gasteiger partial charge on any atom is -0.143 e. The predicted octanol–water partition coefficient (Wildman–Crippen LogP) is 4.06. The highest BCUT2D eigenvalue weighted by atomic mass is 32.1. The molecule has 0 radical (unpaired) electrons. The first-order valence-corrected chi connectivity index (χ1v) is 5.75. The second-order valence-electron chi connectivity index (χ2n) is 3.20. The van der Waals surface area contributed by atoms with Crippen molar-refractivity contribution in [1.29, 1.82) is 0 Å². The zero-order valence-electron chi connectivity index (χ0n) is 7.79. The van der Waals surface area contributed by atoms with E-state index in [-0.39, 0.29) is 0 Å². The van der Waals surface area contributed by atoms with Gasteiger partial charge in [-0.1, -0.05) is 13.0 Å². The maximum atomic E-state index is 4.42. The van der Waals surface area contributed by atoms with Crippen molar-refractivity contribution in [2.24, 2.45) is 0 Å². The van der Waals surface area contributed by atoms with Crippen LogP contribution in [0.1, 0.15) is 18.1 Å². The van der Waals surface area contributed by atoms with Gasteiger partial charge in [-0.15, -0.1) is 24.0 Å². The maximum absolute atomic E-state index is 4.42. The summed E-state index contributed by atoms with van der Waals surface area (Å²) < 4.78 is 1.39. The number of thiophene rings is 1. The molecule has 0 aliphatic heterocycles. The molecule has 2 aromatic rings. The SMILES string of the molecule is CCc1csc2c(C)c(S)ccc12. The third-order valence-corrected chi connectivity index (χ3v) is 4.07. The van der Waals surface area contributed by atoms with Crippen LogP contribution in [0, 0.1) is 6.92 Å². The molecule has 0 spiro atoms. The van der Waals surface area contributed by atoms with Gasteiger partial charge in [0.15, 0.2) is 0 Å². The van der Waals surface area contributed by atoms with Gasteiger partial charge in [-0.2, -0.15) is 0 Å². The predicted molar refractivity (Wildman–Crippen MR) is 63.2 cm³/mol. The molecule has 0 aliphatic rings. The van der Waals surface area contributed by atoms with Gasteiger partial charge in [-0.3, -0.25) is 0 Å². The Bertz CT molecular complexity index is 441. The Labute approximate surface area is 88.0 Å². The minimum absolute atomic E-state index is 1.09. The van der Waals surface area contributed by atoms with E-state index in [9.17, 15) is 0 Å². The smallest absolute Gasteiger partial charge is 0.0385 e. The molecule has 1 heterocycles. The summed E-state index contributed by atoms with van der Waals surface area (Å²) in [6, 6.07) is 4.27.